The van der Waals surface area contributed by atoms with Gasteiger partial charge in [0.05, 0.1) is 12.2 Å². The second-order valence-electron chi connectivity index (χ2n) is 5.52. The van der Waals surface area contributed by atoms with Crippen molar-refractivity contribution in [1.82, 2.24) is 4.90 Å². The second kappa shape index (κ2) is 3.70. The Balaban J connectivity index is 1.62. The first kappa shape index (κ1) is 10.5. The topological polar surface area (TPSA) is 60.8 Å². The van der Waals surface area contributed by atoms with E-state index >= 15 is 0 Å². The fourth-order valence-corrected chi connectivity index (χ4v) is 3.52. The molecular formula is C12H19NO3. The van der Waals surface area contributed by atoms with Gasteiger partial charge in [-0.15, -0.1) is 0 Å². The molecular weight excluding hydrogens is 206 g/mol. The van der Waals surface area contributed by atoms with Crippen LogP contribution in [0.15, 0.2) is 0 Å². The number of β-amino-alcohol motifs (C(OH)–C–C–N with tert-alkyl or cyclic N) is 2. The van der Waals surface area contributed by atoms with Gasteiger partial charge in [0.25, 0.3) is 0 Å². The quantitative estimate of drug-likeness (QED) is 0.659. The van der Waals surface area contributed by atoms with Crippen LogP contribution in [-0.4, -0.2) is 46.3 Å². The molecule has 1 heterocycles. The summed E-state index contributed by atoms with van der Waals surface area (Å²) in [6.07, 6.45) is 3.42. The van der Waals surface area contributed by atoms with Crippen LogP contribution in [-0.2, 0) is 4.79 Å². The Labute approximate surface area is 95.2 Å². The minimum Gasteiger partial charge on any atom is -0.388 e. The summed E-state index contributed by atoms with van der Waals surface area (Å²) in [7, 11) is 0. The molecule has 16 heavy (non-hydrogen) atoms. The zero-order valence-electron chi connectivity index (χ0n) is 9.38. The van der Waals surface area contributed by atoms with Gasteiger partial charge in [-0.3, -0.25) is 4.79 Å². The molecule has 1 saturated heterocycles. The summed E-state index contributed by atoms with van der Waals surface area (Å²) in [6, 6.07) is 0. The minimum atomic E-state index is -0.746. The first-order valence-corrected chi connectivity index (χ1v) is 6.33. The molecule has 0 aromatic rings. The van der Waals surface area contributed by atoms with Crippen molar-refractivity contribution in [2.24, 2.45) is 17.8 Å². The van der Waals surface area contributed by atoms with Crippen LogP contribution in [0.1, 0.15) is 25.7 Å². The number of carbonyl (C=O) groups excluding carboxylic acids is 1. The average Bonchev–Trinajstić information content (AvgIpc) is 2.91. The first-order valence-electron chi connectivity index (χ1n) is 6.33. The number of hydrogen-bond donors (Lipinski definition) is 2. The fourth-order valence-electron chi connectivity index (χ4n) is 3.52. The third-order valence-electron chi connectivity index (χ3n) is 4.51. The van der Waals surface area contributed by atoms with Crippen molar-refractivity contribution in [3.05, 3.63) is 0 Å². The summed E-state index contributed by atoms with van der Waals surface area (Å²) in [5.74, 6) is 1.60. The van der Waals surface area contributed by atoms with Crippen molar-refractivity contribution in [3.63, 3.8) is 0 Å². The van der Waals surface area contributed by atoms with E-state index in [-0.39, 0.29) is 11.8 Å². The molecule has 2 aliphatic carbocycles. The Morgan fingerprint density at radius 3 is 2.00 bits per heavy atom. The monoisotopic (exact) mass is 225 g/mol. The van der Waals surface area contributed by atoms with Crippen LogP contribution in [0.3, 0.4) is 0 Å². The number of aliphatic hydroxyl groups excluding tert-OH is 2. The van der Waals surface area contributed by atoms with Gasteiger partial charge in [-0.1, -0.05) is 12.8 Å². The van der Waals surface area contributed by atoms with Crippen LogP contribution in [0.2, 0.25) is 0 Å². The van der Waals surface area contributed by atoms with E-state index in [9.17, 15) is 15.0 Å². The van der Waals surface area contributed by atoms with Gasteiger partial charge in [-0.05, 0) is 24.7 Å². The van der Waals surface area contributed by atoms with Crippen LogP contribution < -0.4 is 0 Å². The number of carbonyl (C=O) groups is 1. The van der Waals surface area contributed by atoms with Gasteiger partial charge < -0.3 is 15.1 Å². The molecule has 3 aliphatic rings. The minimum absolute atomic E-state index is 0.174. The highest BCUT2D eigenvalue weighted by molar-refractivity contribution is 5.82. The smallest absolute Gasteiger partial charge is 0.226 e. The number of nitrogens with zero attached hydrogens (tertiary/aromatic N) is 1. The largest absolute Gasteiger partial charge is 0.388 e. The van der Waals surface area contributed by atoms with E-state index in [4.69, 9.17) is 0 Å². The van der Waals surface area contributed by atoms with Crippen LogP contribution >= 0.6 is 0 Å². The molecule has 4 unspecified atom stereocenters. The molecule has 0 radical (unpaired) electrons. The van der Waals surface area contributed by atoms with Gasteiger partial charge in [-0.25, -0.2) is 0 Å². The van der Waals surface area contributed by atoms with E-state index in [1.807, 2.05) is 0 Å². The van der Waals surface area contributed by atoms with Crippen LogP contribution in [0.5, 0.6) is 0 Å². The molecule has 1 amide bonds. The summed E-state index contributed by atoms with van der Waals surface area (Å²) in [6.45, 7) is 0.631. The number of aliphatic hydroxyl groups is 2. The van der Waals surface area contributed by atoms with Gasteiger partial charge in [0.1, 0.15) is 0 Å². The normalized spacial score (nSPS) is 46.6. The summed E-state index contributed by atoms with van der Waals surface area (Å²) in [4.78, 5) is 13.8. The highest BCUT2D eigenvalue weighted by Gasteiger charge is 2.56. The number of amides is 1. The molecule has 4 heteroatoms. The van der Waals surface area contributed by atoms with E-state index in [1.54, 1.807) is 4.90 Å². The molecule has 0 aromatic heterocycles. The lowest BCUT2D eigenvalue weighted by atomic mass is 10.0. The highest BCUT2D eigenvalue weighted by atomic mass is 16.3. The maximum absolute atomic E-state index is 12.2. The van der Waals surface area contributed by atoms with Crippen molar-refractivity contribution in [2.45, 2.75) is 37.9 Å². The Morgan fingerprint density at radius 2 is 1.50 bits per heavy atom. The lowest BCUT2D eigenvalue weighted by Gasteiger charge is -2.15. The molecule has 3 fully saturated rings. The SMILES string of the molecule is O=C(C1C2CCCCC21)N1CC(O)C(O)C1. The third-order valence-corrected chi connectivity index (χ3v) is 4.51. The number of likely N-dealkylation sites (tertiary alicyclic amines) is 1. The predicted molar refractivity (Wildman–Crippen MR) is 57.5 cm³/mol. The molecule has 4 nitrogen and oxygen atoms in total. The maximum Gasteiger partial charge on any atom is 0.226 e. The average molecular weight is 225 g/mol. The van der Waals surface area contributed by atoms with Crippen LogP contribution in [0, 0.1) is 17.8 Å². The van der Waals surface area contributed by atoms with Gasteiger partial charge >= 0.3 is 0 Å². The number of rotatable bonds is 1. The fraction of sp³-hybridized carbons (Fsp3) is 0.917. The predicted octanol–water partition coefficient (Wildman–Crippen LogP) is -0.0134. The van der Waals surface area contributed by atoms with Gasteiger partial charge in [0, 0.05) is 19.0 Å². The molecule has 0 aromatic carbocycles. The first-order chi connectivity index (χ1) is 7.68. The van der Waals surface area contributed by atoms with E-state index in [0.717, 1.165) is 0 Å². The van der Waals surface area contributed by atoms with E-state index < -0.39 is 12.2 Å². The maximum atomic E-state index is 12.2. The molecule has 2 N–H and O–H groups in total. The Kier molecular flexibility index (Phi) is 2.44. The van der Waals surface area contributed by atoms with Crippen molar-refractivity contribution in [3.8, 4) is 0 Å². The van der Waals surface area contributed by atoms with Crippen molar-refractivity contribution < 1.29 is 15.0 Å². The number of fused-ring (bicyclic) bond motifs is 1. The lowest BCUT2D eigenvalue weighted by molar-refractivity contribution is -0.132. The third kappa shape index (κ3) is 1.55. The van der Waals surface area contributed by atoms with Crippen molar-refractivity contribution >= 4 is 5.91 Å². The second-order valence-corrected chi connectivity index (χ2v) is 5.52. The van der Waals surface area contributed by atoms with Crippen LogP contribution in [0.4, 0.5) is 0 Å². The molecule has 0 spiro atoms. The Morgan fingerprint density at radius 1 is 1.00 bits per heavy atom. The van der Waals surface area contributed by atoms with Gasteiger partial charge in [-0.2, -0.15) is 0 Å². The molecule has 2 saturated carbocycles. The Hall–Kier alpha value is -0.610. The Bertz CT molecular complexity index is 281. The standard InChI is InChI=1S/C12H19NO3/c14-9-5-13(6-10(9)15)12(16)11-7-3-1-2-4-8(7)11/h7-11,14-15H,1-6H2. The summed E-state index contributed by atoms with van der Waals surface area (Å²) < 4.78 is 0. The van der Waals surface area contributed by atoms with Crippen LogP contribution in [0.25, 0.3) is 0 Å². The van der Waals surface area contributed by atoms with E-state index in [1.165, 1.54) is 25.7 Å². The summed E-state index contributed by atoms with van der Waals surface area (Å²) in [5.41, 5.74) is 0. The lowest BCUT2D eigenvalue weighted by Crippen LogP contribution is -2.32. The summed E-state index contributed by atoms with van der Waals surface area (Å²) >= 11 is 0. The molecule has 4 atom stereocenters. The summed E-state index contributed by atoms with van der Waals surface area (Å²) in [5, 5.41) is 18.9. The molecule has 0 bridgehead atoms. The zero-order valence-corrected chi connectivity index (χ0v) is 9.38. The van der Waals surface area contributed by atoms with E-state index in [0.29, 0.717) is 24.9 Å². The molecule has 90 valence electrons. The zero-order chi connectivity index (χ0) is 11.3. The highest BCUT2D eigenvalue weighted by Crippen LogP contribution is 2.56. The van der Waals surface area contributed by atoms with Gasteiger partial charge in [0.2, 0.25) is 5.91 Å². The van der Waals surface area contributed by atoms with E-state index in [2.05, 4.69) is 0 Å². The van der Waals surface area contributed by atoms with Gasteiger partial charge in [0.15, 0.2) is 0 Å². The molecule has 1 aliphatic heterocycles. The van der Waals surface area contributed by atoms with Crippen molar-refractivity contribution in [1.29, 1.82) is 0 Å². The van der Waals surface area contributed by atoms with Crippen molar-refractivity contribution in [2.75, 3.05) is 13.1 Å². The number of hydrogen-bond acceptors (Lipinski definition) is 3. The molecule has 3 rings (SSSR count).